The van der Waals surface area contributed by atoms with E-state index in [2.05, 4.69) is 15.0 Å². The van der Waals surface area contributed by atoms with Crippen LogP contribution >= 0.6 is 23.6 Å². The summed E-state index contributed by atoms with van der Waals surface area (Å²) in [6.07, 6.45) is -0.649. The van der Waals surface area contributed by atoms with E-state index in [1.54, 1.807) is 0 Å². The summed E-state index contributed by atoms with van der Waals surface area (Å²) in [7, 11) is -1.01. The van der Waals surface area contributed by atoms with Gasteiger partial charge in [-0.05, 0) is 20.4 Å². The fourth-order valence-electron chi connectivity index (χ4n) is 2.24. The van der Waals surface area contributed by atoms with Gasteiger partial charge in [0.15, 0.2) is 17.0 Å². The first-order chi connectivity index (χ1) is 12.6. The Bertz CT molecular complexity index is 749. The molecular formula is C11H14BClN4O4S. The standard InChI is InChI=1S/C11H14BClN4O4S/c12-2-22-20-1-5-7(18)8(19)11(21-5)17-4-16-6-9(13)14-3-15-10(6)17/h3-5,7-8,11,18-19H,1-2,12H2/t5-,7-,8-,11-/m1/s1/i12TD,18T,19T. The monoisotopic (exact) mass is 351 g/mol. The summed E-state index contributed by atoms with van der Waals surface area (Å²) in [4.78, 5) is 12.1. The van der Waals surface area contributed by atoms with Crippen molar-refractivity contribution in [1.82, 2.24) is 19.5 Å². The highest BCUT2D eigenvalue weighted by Gasteiger charge is 2.44. The van der Waals surface area contributed by atoms with Crippen LogP contribution in [0.3, 0.4) is 0 Å². The average Bonchev–Trinajstić information content (AvgIpc) is 3.19. The Labute approximate surface area is 142 Å². The van der Waals surface area contributed by atoms with Crippen LogP contribution in [0.25, 0.3) is 11.2 Å². The van der Waals surface area contributed by atoms with Crippen molar-refractivity contribution in [2.75, 3.05) is 12.3 Å². The number of aromatic nitrogens is 4. The quantitative estimate of drug-likeness (QED) is 0.280. The van der Waals surface area contributed by atoms with Gasteiger partial charge in [0.05, 0.1) is 12.9 Å². The van der Waals surface area contributed by atoms with E-state index in [0.29, 0.717) is 11.2 Å². The van der Waals surface area contributed by atoms with E-state index in [9.17, 15) is 0 Å². The molecule has 22 heavy (non-hydrogen) atoms. The number of aliphatic hydroxyl groups excluding tert-OH is 2. The van der Waals surface area contributed by atoms with Gasteiger partial charge in [-0.15, -0.1) is 0 Å². The van der Waals surface area contributed by atoms with Crippen LogP contribution in [0.4, 0.5) is 0 Å². The molecule has 4 atom stereocenters. The number of hydrogen-bond donors (Lipinski definition) is 2. The highest BCUT2D eigenvalue weighted by Crippen LogP contribution is 2.32. The lowest BCUT2D eigenvalue weighted by atomic mass is 10.1. The summed E-state index contributed by atoms with van der Waals surface area (Å²) in [5.74, 6) is 0. The highest BCUT2D eigenvalue weighted by atomic mass is 35.5. The molecule has 1 saturated heterocycles. The minimum absolute atomic E-state index is 0.0274. The second-order valence-corrected chi connectivity index (χ2v) is 5.71. The topological polar surface area (TPSA) is 103 Å². The van der Waals surface area contributed by atoms with E-state index in [0.717, 1.165) is 12.0 Å². The van der Waals surface area contributed by atoms with Gasteiger partial charge in [-0.2, -0.15) is 0 Å². The van der Waals surface area contributed by atoms with E-state index in [4.69, 9.17) is 36.3 Å². The first-order valence-corrected chi connectivity index (χ1v) is 7.67. The number of rotatable bonds is 8. The Kier molecular flexibility index (Phi) is 3.53. The lowest BCUT2D eigenvalue weighted by Gasteiger charge is -2.16. The second-order valence-electron chi connectivity index (χ2n) is 4.55. The molecule has 1 aliphatic rings. The number of nitrogens with zero attached hydrogens (tertiary/aromatic N) is 4. The number of aliphatic hydroxyl groups is 2. The predicted molar refractivity (Wildman–Crippen MR) is 83.2 cm³/mol. The summed E-state index contributed by atoms with van der Waals surface area (Å²) in [5.41, 5.74) is 0.933. The van der Waals surface area contributed by atoms with Crippen LogP contribution < -0.4 is 0 Å². The van der Waals surface area contributed by atoms with Crippen molar-refractivity contribution in [3.05, 3.63) is 17.8 Å². The largest absolute Gasteiger partial charge is 0.387 e. The lowest BCUT2D eigenvalue weighted by Crippen LogP contribution is -2.33. The summed E-state index contributed by atoms with van der Waals surface area (Å²) < 4.78 is 41.6. The third-order valence-electron chi connectivity index (χ3n) is 3.26. The van der Waals surface area contributed by atoms with Gasteiger partial charge >= 0.3 is 0 Å². The van der Waals surface area contributed by atoms with Crippen LogP contribution in [0, 0.1) is 0 Å². The minimum atomic E-state index is -1.01. The molecule has 2 aromatic heterocycles. The van der Waals surface area contributed by atoms with Crippen LogP contribution in [-0.2, 0) is 8.92 Å². The van der Waals surface area contributed by atoms with Crippen LogP contribution in [-0.4, -0.2) is 73.6 Å². The van der Waals surface area contributed by atoms with Gasteiger partial charge in [-0.3, -0.25) is 4.57 Å². The predicted octanol–water partition coefficient (Wildman–Crippen LogP) is -0.646. The molecule has 2 aromatic rings. The number of fused-ring (bicyclic) bond motifs is 1. The van der Waals surface area contributed by atoms with E-state index >= 15 is 0 Å². The number of imidazole rings is 1. The molecule has 118 valence electrons. The average molecular weight is 352 g/mol. The molecule has 2 N–H and O–H groups in total. The van der Waals surface area contributed by atoms with Gasteiger partial charge in [-0.25, -0.2) is 15.0 Å². The highest BCUT2D eigenvalue weighted by molar-refractivity contribution is 7.95. The molecule has 0 bridgehead atoms. The molecule has 3 heterocycles. The van der Waals surface area contributed by atoms with Gasteiger partial charge in [-0.1, -0.05) is 11.6 Å². The first-order valence-electron chi connectivity index (χ1n) is 8.35. The molecule has 0 amide bonds. The number of halogens is 1. The fraction of sp³-hybridized carbons (Fsp3) is 0.545. The first kappa shape index (κ1) is 11.6. The lowest BCUT2D eigenvalue weighted by molar-refractivity contribution is -0.0453. The number of hydrogen-bond acceptors (Lipinski definition) is 8. The van der Waals surface area contributed by atoms with Crippen molar-refractivity contribution in [3.63, 3.8) is 0 Å². The van der Waals surface area contributed by atoms with Crippen LogP contribution in [0.5, 0.6) is 0 Å². The van der Waals surface area contributed by atoms with E-state index in [1.165, 1.54) is 17.2 Å². The Morgan fingerprint density at radius 2 is 2.50 bits per heavy atom. The number of ether oxygens (including phenoxy) is 1. The summed E-state index contributed by atoms with van der Waals surface area (Å²) in [6.45, 7) is 0.0274. The van der Waals surface area contributed by atoms with Crippen LogP contribution in [0.2, 0.25) is 5.15 Å². The minimum Gasteiger partial charge on any atom is -0.387 e. The normalized spacial score (nSPS) is 30.8. The molecule has 0 radical (unpaired) electrons. The SMILES string of the molecule is [2H]B([3H])CSOC[C@H]1O[C@@H](n2cnc3c(Cl)ncnc32)[C@H](O[3H])[C@@H]1O[3H]. The zero-order chi connectivity index (χ0) is 18.7. The third-order valence-corrected chi connectivity index (χ3v) is 3.97. The smallest absolute Gasteiger partial charge is 0.211 e. The Hall–Kier alpha value is -0.905. The van der Waals surface area contributed by atoms with E-state index in [-0.39, 0.29) is 17.4 Å². The molecule has 0 aromatic carbocycles. The molecule has 1 aliphatic heterocycles. The van der Waals surface area contributed by atoms with Crippen molar-refractivity contribution in [3.8, 4) is 0 Å². The maximum atomic E-state index is 7.34. The fourth-order valence-corrected chi connectivity index (χ4v) is 2.74. The third kappa shape index (κ3) is 2.82. The Balaban J connectivity index is 1.79. The second kappa shape index (κ2) is 6.69. The molecule has 0 aliphatic carbocycles. The Morgan fingerprint density at radius 1 is 1.59 bits per heavy atom. The van der Waals surface area contributed by atoms with E-state index < -0.39 is 32.3 Å². The molecule has 8 nitrogen and oxygen atoms in total. The van der Waals surface area contributed by atoms with Gasteiger partial charge in [0.2, 0.25) is 2.86 Å². The molecular weight excluding hydrogens is 330 g/mol. The van der Waals surface area contributed by atoms with Crippen molar-refractivity contribution in [2.24, 2.45) is 0 Å². The zero-order valence-corrected chi connectivity index (χ0v) is 12.7. The molecule has 0 spiro atoms. The van der Waals surface area contributed by atoms with Crippen molar-refractivity contribution < 1.29 is 19.1 Å². The Morgan fingerprint density at radius 3 is 3.32 bits per heavy atom. The van der Waals surface area contributed by atoms with Gasteiger partial charge < -0.3 is 19.1 Å². The van der Waals surface area contributed by atoms with Gasteiger partial charge in [0.1, 0.15) is 37.9 Å². The van der Waals surface area contributed by atoms with Crippen molar-refractivity contribution in [1.29, 1.82) is 5.53 Å². The molecule has 0 unspecified atom stereocenters. The summed E-state index contributed by atoms with van der Waals surface area (Å²) in [6, 6.07) is 0. The van der Waals surface area contributed by atoms with E-state index in [1.807, 2.05) is 0 Å². The van der Waals surface area contributed by atoms with Crippen LogP contribution in [0.15, 0.2) is 12.7 Å². The molecule has 11 heteroatoms. The van der Waals surface area contributed by atoms with Gasteiger partial charge in [0, 0.05) is 0 Å². The zero-order valence-electron chi connectivity index (χ0n) is 15.2. The molecule has 1 fully saturated rings. The van der Waals surface area contributed by atoms with Crippen LogP contribution in [0.1, 0.15) is 6.23 Å². The summed E-state index contributed by atoms with van der Waals surface area (Å²) in [5, 5.41) is 9.61. The molecule has 0 saturated carbocycles. The van der Waals surface area contributed by atoms with Gasteiger partial charge in [0.25, 0.3) is 0 Å². The molecule has 3 rings (SSSR count). The maximum absolute atomic E-state index is 7.34. The van der Waals surface area contributed by atoms with Crippen molar-refractivity contribution >= 4 is 42.6 Å². The maximum Gasteiger partial charge on any atom is 0.211 e. The van der Waals surface area contributed by atoms with Crippen molar-refractivity contribution in [2.45, 2.75) is 24.5 Å². The summed E-state index contributed by atoms with van der Waals surface area (Å²) >= 11 is 6.95.